The molecule has 5 nitrogen and oxygen atoms in total. The number of rotatable bonds is 5. The van der Waals surface area contributed by atoms with Crippen LogP contribution in [0.3, 0.4) is 0 Å². The summed E-state index contributed by atoms with van der Waals surface area (Å²) < 4.78 is 5.02. The molecule has 0 fully saturated rings. The summed E-state index contributed by atoms with van der Waals surface area (Å²) >= 11 is 1.30. The van der Waals surface area contributed by atoms with Gasteiger partial charge in [0.25, 0.3) is 0 Å². The molecule has 0 spiro atoms. The third-order valence-corrected chi connectivity index (χ3v) is 4.58. The number of thioether (sulfide) groups is 1. The largest absolute Gasteiger partial charge is 0.465 e. The van der Waals surface area contributed by atoms with Crippen LogP contribution in [-0.2, 0) is 9.53 Å². The van der Waals surface area contributed by atoms with E-state index < -0.39 is 11.9 Å². The average Bonchev–Trinajstić information content (AvgIpc) is 2.79. The van der Waals surface area contributed by atoms with Crippen molar-refractivity contribution in [3.63, 3.8) is 0 Å². The Balaban J connectivity index is 3.35. The highest BCUT2D eigenvalue weighted by atomic mass is 32.2. The lowest BCUT2D eigenvalue weighted by Crippen LogP contribution is -2.26. The molecule has 0 saturated heterocycles. The Labute approximate surface area is 141 Å². The second kappa shape index (κ2) is 9.72. The van der Waals surface area contributed by atoms with Gasteiger partial charge in [-0.2, -0.15) is 15.8 Å². The van der Waals surface area contributed by atoms with Gasteiger partial charge in [-0.25, -0.2) is 0 Å². The predicted molar refractivity (Wildman–Crippen MR) is 87.5 cm³/mol. The van der Waals surface area contributed by atoms with E-state index in [0.717, 1.165) is 24.8 Å². The van der Waals surface area contributed by atoms with E-state index in [4.69, 9.17) is 4.74 Å². The van der Waals surface area contributed by atoms with E-state index in [1.165, 1.54) is 11.8 Å². The number of carbonyl (C=O) groups excluding carboxylic acids is 1. The molecule has 0 N–H and O–H groups in total. The van der Waals surface area contributed by atoms with E-state index >= 15 is 0 Å². The van der Waals surface area contributed by atoms with Crippen molar-refractivity contribution in [2.45, 2.75) is 32.6 Å². The van der Waals surface area contributed by atoms with Gasteiger partial charge in [0.2, 0.25) is 0 Å². The van der Waals surface area contributed by atoms with Crippen LogP contribution in [0.5, 0.6) is 0 Å². The molecule has 0 aromatic carbocycles. The molecular formula is C17H19N3O2S. The molecule has 2 unspecified atom stereocenters. The van der Waals surface area contributed by atoms with Crippen molar-refractivity contribution in [1.82, 2.24) is 0 Å². The lowest BCUT2D eigenvalue weighted by atomic mass is 9.83. The molecule has 2 atom stereocenters. The van der Waals surface area contributed by atoms with Crippen molar-refractivity contribution >= 4 is 17.7 Å². The van der Waals surface area contributed by atoms with Gasteiger partial charge in [0.15, 0.2) is 5.92 Å². The third kappa shape index (κ3) is 4.62. The molecule has 0 heterocycles. The van der Waals surface area contributed by atoms with Crippen LogP contribution in [0.2, 0.25) is 0 Å². The highest BCUT2D eigenvalue weighted by molar-refractivity contribution is 8.02. The Bertz CT molecular complexity index is 616. The number of hydrogen-bond acceptors (Lipinski definition) is 6. The van der Waals surface area contributed by atoms with Crippen molar-refractivity contribution in [2.75, 3.05) is 12.9 Å². The maximum Gasteiger partial charge on any atom is 0.323 e. The van der Waals surface area contributed by atoms with Crippen molar-refractivity contribution in [3.8, 4) is 18.2 Å². The summed E-state index contributed by atoms with van der Waals surface area (Å²) in [5.41, 5.74) is 0.781. The summed E-state index contributed by atoms with van der Waals surface area (Å²) in [6.07, 6.45) is 7.06. The van der Waals surface area contributed by atoms with Crippen LogP contribution in [0.15, 0.2) is 22.1 Å². The smallest absolute Gasteiger partial charge is 0.323 e. The van der Waals surface area contributed by atoms with Crippen molar-refractivity contribution in [3.05, 3.63) is 22.1 Å². The van der Waals surface area contributed by atoms with Gasteiger partial charge < -0.3 is 4.74 Å². The van der Waals surface area contributed by atoms with E-state index in [1.807, 2.05) is 18.2 Å². The third-order valence-electron chi connectivity index (χ3n) is 3.73. The summed E-state index contributed by atoms with van der Waals surface area (Å²) in [4.78, 5) is 12.7. The molecule has 0 aliphatic heterocycles. The van der Waals surface area contributed by atoms with Crippen LogP contribution in [0.1, 0.15) is 32.6 Å². The number of esters is 1. The van der Waals surface area contributed by atoms with Gasteiger partial charge in [-0.3, -0.25) is 4.79 Å². The standard InChI is InChI=1S/C17H19N3O2S/c1-3-22-17(21)15(11-20)13-7-5-4-6-8-14(13)16(23-2)12(9-18)10-19/h8,13,15H,3-7H2,1-2H3. The van der Waals surface area contributed by atoms with Crippen LogP contribution < -0.4 is 0 Å². The SMILES string of the molecule is CCOC(=O)C(C#N)C1CCCCC=C1C(SC)=C(C#N)C#N. The molecule has 0 aromatic rings. The van der Waals surface area contributed by atoms with E-state index in [2.05, 4.69) is 6.07 Å². The number of nitrogens with zero attached hydrogens (tertiary/aromatic N) is 3. The monoisotopic (exact) mass is 329 g/mol. The summed E-state index contributed by atoms with van der Waals surface area (Å²) in [6, 6.07) is 5.88. The zero-order valence-electron chi connectivity index (χ0n) is 13.3. The lowest BCUT2D eigenvalue weighted by Gasteiger charge is -2.23. The summed E-state index contributed by atoms with van der Waals surface area (Å²) in [5, 5.41) is 27.8. The Morgan fingerprint density at radius 2 is 2.09 bits per heavy atom. The zero-order chi connectivity index (χ0) is 17.2. The second-order valence-electron chi connectivity index (χ2n) is 5.04. The molecule has 0 aromatic heterocycles. The Hall–Kier alpha value is -2.23. The van der Waals surface area contributed by atoms with Crippen LogP contribution >= 0.6 is 11.8 Å². The molecule has 23 heavy (non-hydrogen) atoms. The number of ether oxygens (including phenoxy) is 1. The van der Waals surface area contributed by atoms with Gasteiger partial charge in [-0.05, 0) is 38.0 Å². The first-order valence-electron chi connectivity index (χ1n) is 7.49. The fourth-order valence-electron chi connectivity index (χ4n) is 2.71. The van der Waals surface area contributed by atoms with E-state index in [1.54, 1.807) is 13.2 Å². The van der Waals surface area contributed by atoms with Crippen LogP contribution in [0.4, 0.5) is 0 Å². The maximum absolute atomic E-state index is 12.1. The van der Waals surface area contributed by atoms with Gasteiger partial charge in [0, 0.05) is 10.8 Å². The molecule has 0 amide bonds. The van der Waals surface area contributed by atoms with Crippen molar-refractivity contribution < 1.29 is 9.53 Å². The van der Waals surface area contributed by atoms with Crippen molar-refractivity contribution in [1.29, 1.82) is 15.8 Å². The zero-order valence-corrected chi connectivity index (χ0v) is 14.2. The van der Waals surface area contributed by atoms with Crippen LogP contribution in [0, 0.1) is 45.8 Å². The van der Waals surface area contributed by atoms with Gasteiger partial charge in [-0.15, -0.1) is 11.8 Å². The number of nitriles is 3. The molecule has 0 saturated carbocycles. The minimum absolute atomic E-state index is 0.0243. The first-order chi connectivity index (χ1) is 11.1. The summed E-state index contributed by atoms with van der Waals surface area (Å²) in [7, 11) is 0. The predicted octanol–water partition coefficient (Wildman–Crippen LogP) is 3.47. The van der Waals surface area contributed by atoms with Gasteiger partial charge in [-0.1, -0.05) is 12.5 Å². The Kier molecular flexibility index (Phi) is 7.95. The minimum Gasteiger partial charge on any atom is -0.465 e. The summed E-state index contributed by atoms with van der Waals surface area (Å²) in [5.74, 6) is -1.80. The lowest BCUT2D eigenvalue weighted by molar-refractivity contribution is -0.147. The first-order valence-corrected chi connectivity index (χ1v) is 8.72. The Morgan fingerprint density at radius 3 is 2.61 bits per heavy atom. The van der Waals surface area contributed by atoms with Crippen LogP contribution in [0.25, 0.3) is 0 Å². The maximum atomic E-state index is 12.1. The second-order valence-corrected chi connectivity index (χ2v) is 5.86. The first kappa shape index (κ1) is 18.8. The fourth-order valence-corrected chi connectivity index (χ4v) is 3.48. The van der Waals surface area contributed by atoms with Gasteiger partial charge in [0.05, 0.1) is 12.7 Å². The molecule has 120 valence electrons. The van der Waals surface area contributed by atoms with Crippen LogP contribution in [-0.4, -0.2) is 18.8 Å². The fraction of sp³-hybridized carbons (Fsp3) is 0.529. The normalized spacial score (nSPS) is 18.2. The average molecular weight is 329 g/mol. The van der Waals surface area contributed by atoms with E-state index in [9.17, 15) is 20.6 Å². The Morgan fingerprint density at radius 1 is 1.39 bits per heavy atom. The van der Waals surface area contributed by atoms with Gasteiger partial charge >= 0.3 is 5.97 Å². The number of hydrogen-bond donors (Lipinski definition) is 0. The quantitative estimate of drug-likeness (QED) is 0.566. The minimum atomic E-state index is -0.917. The highest BCUT2D eigenvalue weighted by Crippen LogP contribution is 2.39. The number of carbonyl (C=O) groups is 1. The molecule has 6 heteroatoms. The molecule has 0 radical (unpaired) electrons. The van der Waals surface area contributed by atoms with E-state index in [-0.39, 0.29) is 18.1 Å². The molecular weight excluding hydrogens is 310 g/mol. The van der Waals surface area contributed by atoms with E-state index in [0.29, 0.717) is 11.3 Å². The number of allylic oxidation sites excluding steroid dienone is 3. The topological polar surface area (TPSA) is 97.7 Å². The highest BCUT2D eigenvalue weighted by Gasteiger charge is 2.34. The molecule has 1 aliphatic rings. The molecule has 0 bridgehead atoms. The van der Waals surface area contributed by atoms with Gasteiger partial charge in [0.1, 0.15) is 17.7 Å². The molecule has 1 aliphatic carbocycles. The van der Waals surface area contributed by atoms with Crippen molar-refractivity contribution in [2.24, 2.45) is 11.8 Å². The molecule has 1 rings (SSSR count). The summed E-state index contributed by atoms with van der Waals surface area (Å²) in [6.45, 7) is 1.92.